The minimum Gasteiger partial charge on any atom is -0.425 e. The van der Waals surface area contributed by atoms with Crippen molar-refractivity contribution in [2.24, 2.45) is 0 Å². The summed E-state index contributed by atoms with van der Waals surface area (Å²) in [6, 6.07) is 15.0. The smallest absolute Gasteiger partial charge is 0.302 e. The van der Waals surface area contributed by atoms with Crippen LogP contribution in [-0.2, 0) is 0 Å². The Hall–Kier alpha value is -3.05. The lowest BCUT2D eigenvalue weighted by atomic mass is 10.2. The maximum absolute atomic E-state index is 12.5. The van der Waals surface area contributed by atoms with Crippen LogP contribution in [0.25, 0.3) is 22.1 Å². The molecule has 0 atom stereocenters. The highest BCUT2D eigenvalue weighted by Gasteiger charge is 2.17. The second-order valence-electron chi connectivity index (χ2n) is 5.20. The second kappa shape index (κ2) is 5.54. The van der Waals surface area contributed by atoms with E-state index >= 15 is 0 Å². The topological polar surface area (TPSA) is 72.5 Å². The van der Waals surface area contributed by atoms with E-state index in [0.29, 0.717) is 21.7 Å². The molecule has 1 N–H and O–H groups in total. The van der Waals surface area contributed by atoms with Crippen molar-refractivity contribution in [1.29, 1.82) is 0 Å². The summed E-state index contributed by atoms with van der Waals surface area (Å²) >= 11 is 5.89. The minimum absolute atomic E-state index is 0.0128. The summed E-state index contributed by atoms with van der Waals surface area (Å²) < 4.78 is 11.0. The molecule has 0 aliphatic carbocycles. The van der Waals surface area contributed by atoms with Gasteiger partial charge >= 0.3 is 5.78 Å². The molecule has 0 unspecified atom stereocenters. The Morgan fingerprint density at radius 3 is 2.62 bits per heavy atom. The molecule has 2 aromatic carbocycles. The molecule has 4 aromatic rings. The van der Waals surface area contributed by atoms with Gasteiger partial charge < -0.3 is 14.2 Å². The van der Waals surface area contributed by atoms with Crippen LogP contribution < -0.4 is 10.7 Å². The maximum Gasteiger partial charge on any atom is 0.302 e. The Bertz CT molecular complexity index is 1140. The summed E-state index contributed by atoms with van der Waals surface area (Å²) in [7, 11) is 0. The first kappa shape index (κ1) is 14.5. The molecular weight excluding hydrogens is 330 g/mol. The van der Waals surface area contributed by atoms with E-state index in [-0.39, 0.29) is 22.4 Å². The Morgan fingerprint density at radius 2 is 1.79 bits per heavy atom. The third-order valence-corrected chi connectivity index (χ3v) is 3.82. The van der Waals surface area contributed by atoms with E-state index in [9.17, 15) is 9.59 Å². The van der Waals surface area contributed by atoms with Gasteiger partial charge in [-0.15, -0.1) is 0 Å². The number of para-hydroxylation sites is 1. The summed E-state index contributed by atoms with van der Waals surface area (Å²) in [4.78, 5) is 24.8. The van der Waals surface area contributed by atoms with E-state index in [1.807, 2.05) is 0 Å². The molecular formula is C18H10ClNO4. The van der Waals surface area contributed by atoms with Crippen LogP contribution in [0.5, 0.6) is 0 Å². The number of carbonyl (C=O) groups excluding carboxylic acids is 1. The van der Waals surface area contributed by atoms with Gasteiger partial charge in [-0.2, -0.15) is 0 Å². The number of anilines is 1. The predicted octanol–water partition coefficient (Wildman–Crippen LogP) is 4.44. The number of nitrogens with one attached hydrogen (secondary N) is 1. The van der Waals surface area contributed by atoms with Gasteiger partial charge in [0.25, 0.3) is 5.91 Å². The van der Waals surface area contributed by atoms with Crippen molar-refractivity contribution < 1.29 is 13.6 Å². The standard InChI is InChI=1S/C18H10ClNO4/c19-10-4-3-5-11(8-10)20-17(22)15-9-13-16(21)12-6-1-2-7-14(12)23-18(13)24-15/h1-9H,(H,20,22). The molecule has 0 fully saturated rings. The zero-order valence-electron chi connectivity index (χ0n) is 12.2. The minimum atomic E-state index is -0.493. The summed E-state index contributed by atoms with van der Waals surface area (Å²) in [6.45, 7) is 0. The van der Waals surface area contributed by atoms with E-state index in [4.69, 9.17) is 20.4 Å². The van der Waals surface area contributed by atoms with E-state index in [1.54, 1.807) is 48.5 Å². The summed E-state index contributed by atoms with van der Waals surface area (Å²) in [5.41, 5.74) is 0.695. The normalized spacial score (nSPS) is 11.0. The molecule has 2 heterocycles. The molecule has 1 amide bonds. The van der Waals surface area contributed by atoms with Crippen molar-refractivity contribution in [3.05, 3.63) is 75.6 Å². The van der Waals surface area contributed by atoms with Crippen LogP contribution in [0, 0.1) is 0 Å². The highest BCUT2D eigenvalue weighted by molar-refractivity contribution is 6.31. The van der Waals surface area contributed by atoms with Crippen LogP contribution in [0.4, 0.5) is 5.69 Å². The van der Waals surface area contributed by atoms with Gasteiger partial charge in [-0.25, -0.2) is 0 Å². The van der Waals surface area contributed by atoms with Crippen LogP contribution in [0.1, 0.15) is 10.6 Å². The van der Waals surface area contributed by atoms with Gasteiger partial charge in [0.1, 0.15) is 11.0 Å². The number of benzene rings is 2. The number of hydrogen-bond acceptors (Lipinski definition) is 4. The Kier molecular flexibility index (Phi) is 3.36. The van der Waals surface area contributed by atoms with E-state index < -0.39 is 5.91 Å². The van der Waals surface area contributed by atoms with Gasteiger partial charge in [0.2, 0.25) is 5.43 Å². The molecule has 0 spiro atoms. The van der Waals surface area contributed by atoms with E-state index in [0.717, 1.165) is 0 Å². The zero-order valence-corrected chi connectivity index (χ0v) is 13.0. The lowest BCUT2D eigenvalue weighted by Gasteiger charge is -2.02. The largest absolute Gasteiger partial charge is 0.425 e. The molecule has 5 nitrogen and oxygen atoms in total. The quantitative estimate of drug-likeness (QED) is 0.585. The van der Waals surface area contributed by atoms with Gasteiger partial charge in [-0.1, -0.05) is 29.8 Å². The average molecular weight is 340 g/mol. The number of hydrogen-bond donors (Lipinski definition) is 1. The van der Waals surface area contributed by atoms with Gasteiger partial charge in [-0.05, 0) is 30.3 Å². The molecule has 0 saturated carbocycles. The third kappa shape index (κ3) is 2.45. The average Bonchev–Trinajstić information content (AvgIpc) is 3.00. The Morgan fingerprint density at radius 1 is 0.958 bits per heavy atom. The van der Waals surface area contributed by atoms with Gasteiger partial charge in [0, 0.05) is 16.8 Å². The molecule has 0 saturated heterocycles. The number of furan rings is 1. The van der Waals surface area contributed by atoms with E-state index in [1.165, 1.54) is 6.07 Å². The van der Waals surface area contributed by atoms with E-state index in [2.05, 4.69) is 5.32 Å². The Balaban J connectivity index is 1.77. The molecule has 6 heteroatoms. The molecule has 0 aliphatic rings. The third-order valence-electron chi connectivity index (χ3n) is 3.58. The fraction of sp³-hybridized carbons (Fsp3) is 0. The van der Waals surface area contributed by atoms with Crippen LogP contribution in [-0.4, -0.2) is 5.91 Å². The lowest BCUT2D eigenvalue weighted by molar-refractivity contribution is 0.0997. The number of halogens is 1. The lowest BCUT2D eigenvalue weighted by Crippen LogP contribution is -2.10. The summed E-state index contributed by atoms with van der Waals surface area (Å²) in [5.74, 6) is -0.483. The first-order valence-corrected chi connectivity index (χ1v) is 7.52. The van der Waals surface area contributed by atoms with Gasteiger partial charge in [0.15, 0.2) is 5.76 Å². The molecule has 0 bridgehead atoms. The maximum atomic E-state index is 12.5. The van der Waals surface area contributed by atoms with Crippen molar-refractivity contribution in [3.63, 3.8) is 0 Å². The monoisotopic (exact) mass is 339 g/mol. The van der Waals surface area contributed by atoms with Crippen molar-refractivity contribution in [2.75, 3.05) is 5.32 Å². The summed E-state index contributed by atoms with van der Waals surface area (Å²) in [6.07, 6.45) is 0. The first-order chi connectivity index (χ1) is 11.6. The molecule has 24 heavy (non-hydrogen) atoms. The number of fused-ring (bicyclic) bond motifs is 2. The molecule has 2 aromatic heterocycles. The molecule has 0 radical (unpaired) electrons. The predicted molar refractivity (Wildman–Crippen MR) is 91.7 cm³/mol. The molecule has 0 aliphatic heterocycles. The van der Waals surface area contributed by atoms with Crippen molar-refractivity contribution in [1.82, 2.24) is 0 Å². The van der Waals surface area contributed by atoms with Crippen LogP contribution in [0.2, 0.25) is 5.02 Å². The van der Waals surface area contributed by atoms with Crippen molar-refractivity contribution in [3.8, 4) is 0 Å². The highest BCUT2D eigenvalue weighted by Crippen LogP contribution is 2.23. The first-order valence-electron chi connectivity index (χ1n) is 7.14. The molecule has 4 rings (SSSR count). The van der Waals surface area contributed by atoms with Crippen molar-refractivity contribution in [2.45, 2.75) is 0 Å². The zero-order chi connectivity index (χ0) is 16.7. The van der Waals surface area contributed by atoms with Crippen LogP contribution in [0.15, 0.2) is 68.2 Å². The number of carbonyl (C=O) groups is 1. The molecule has 118 valence electrons. The fourth-order valence-electron chi connectivity index (χ4n) is 2.47. The SMILES string of the molecule is O=C(Nc1cccc(Cl)c1)c1cc2c(=O)c3ccccc3oc2o1. The van der Waals surface area contributed by atoms with Crippen molar-refractivity contribution >= 4 is 45.3 Å². The fourth-order valence-corrected chi connectivity index (χ4v) is 2.66. The van der Waals surface area contributed by atoms with Gasteiger partial charge in [-0.3, -0.25) is 9.59 Å². The second-order valence-corrected chi connectivity index (χ2v) is 5.64. The number of amides is 1. The van der Waals surface area contributed by atoms with Crippen LogP contribution in [0.3, 0.4) is 0 Å². The van der Waals surface area contributed by atoms with Gasteiger partial charge in [0.05, 0.1) is 5.39 Å². The highest BCUT2D eigenvalue weighted by atomic mass is 35.5. The Labute approximate surface area is 140 Å². The summed E-state index contributed by atoms with van der Waals surface area (Å²) in [5, 5.41) is 3.83. The van der Waals surface area contributed by atoms with Crippen LogP contribution >= 0.6 is 11.6 Å². The number of rotatable bonds is 2.